The zero-order chi connectivity index (χ0) is 18.7. The van der Waals surface area contributed by atoms with Crippen LogP contribution in [0.15, 0.2) is 42.5 Å². The largest absolute Gasteiger partial charge is 0.372 e. The molecule has 0 unspecified atom stereocenters. The molecule has 27 heavy (non-hydrogen) atoms. The summed E-state index contributed by atoms with van der Waals surface area (Å²) in [6, 6.07) is 13.5. The number of aromatic nitrogens is 2. The van der Waals surface area contributed by atoms with E-state index < -0.39 is 0 Å². The molecule has 2 aromatic heterocycles. The highest BCUT2D eigenvalue weighted by Crippen LogP contribution is 2.37. The van der Waals surface area contributed by atoms with Gasteiger partial charge in [-0.3, -0.25) is 9.59 Å². The number of H-pyrrole nitrogens is 2. The fraction of sp³-hybridized carbons (Fsp3) is 0.182. The molecule has 4 aromatic rings. The second kappa shape index (κ2) is 5.58. The van der Waals surface area contributed by atoms with Gasteiger partial charge in [0.1, 0.15) is 0 Å². The molecule has 2 aromatic carbocycles. The molecule has 0 aliphatic heterocycles. The minimum atomic E-state index is -0.127. The molecule has 1 aliphatic rings. The quantitative estimate of drug-likeness (QED) is 0.507. The van der Waals surface area contributed by atoms with E-state index in [0.29, 0.717) is 22.5 Å². The van der Waals surface area contributed by atoms with Crippen LogP contribution in [0.2, 0.25) is 0 Å². The van der Waals surface area contributed by atoms with E-state index in [2.05, 4.69) is 28.7 Å². The van der Waals surface area contributed by atoms with Gasteiger partial charge in [-0.15, -0.1) is 0 Å². The number of para-hydroxylation sites is 1. The van der Waals surface area contributed by atoms with E-state index in [1.54, 1.807) is 0 Å². The molecule has 0 bridgehead atoms. The Labute approximate surface area is 156 Å². The van der Waals surface area contributed by atoms with E-state index in [-0.39, 0.29) is 11.6 Å². The minimum Gasteiger partial charge on any atom is -0.372 e. The summed E-state index contributed by atoms with van der Waals surface area (Å²) >= 11 is 0. The Morgan fingerprint density at radius 2 is 1.37 bits per heavy atom. The van der Waals surface area contributed by atoms with Gasteiger partial charge in [0.05, 0.1) is 22.5 Å². The fourth-order valence-electron chi connectivity index (χ4n) is 4.17. The smallest absolute Gasteiger partial charge is 0.212 e. The third-order valence-corrected chi connectivity index (χ3v) is 5.53. The molecular weight excluding hydrogens is 338 g/mol. The first-order chi connectivity index (χ1) is 13.1. The number of fused-ring (bicyclic) bond motifs is 6. The number of benzene rings is 2. The SMILES string of the molecule is CCN(CC)c1ccc2[nH]c3c(c2c1)C(=O)c1[nH]c2ccccc2c1C3=O. The Morgan fingerprint density at radius 1 is 0.778 bits per heavy atom. The maximum atomic E-state index is 13.3. The van der Waals surface area contributed by atoms with Crippen molar-refractivity contribution in [2.24, 2.45) is 0 Å². The molecule has 0 radical (unpaired) electrons. The number of carbonyl (C=O) groups is 2. The highest BCUT2D eigenvalue weighted by molar-refractivity contribution is 6.34. The summed E-state index contributed by atoms with van der Waals surface area (Å²) in [6.45, 7) is 5.97. The van der Waals surface area contributed by atoms with Gasteiger partial charge in [-0.1, -0.05) is 18.2 Å². The van der Waals surface area contributed by atoms with Crippen molar-refractivity contribution in [1.82, 2.24) is 9.97 Å². The topological polar surface area (TPSA) is 69.0 Å². The van der Waals surface area contributed by atoms with Crippen LogP contribution in [0.5, 0.6) is 0 Å². The third-order valence-electron chi connectivity index (χ3n) is 5.53. The minimum absolute atomic E-state index is 0.126. The summed E-state index contributed by atoms with van der Waals surface area (Å²) in [7, 11) is 0. The molecule has 0 saturated heterocycles. The summed E-state index contributed by atoms with van der Waals surface area (Å²) in [5, 5.41) is 1.59. The van der Waals surface area contributed by atoms with Crippen molar-refractivity contribution in [3.63, 3.8) is 0 Å². The third kappa shape index (κ3) is 2.05. The number of hydrogen-bond donors (Lipinski definition) is 2. The number of carbonyl (C=O) groups excluding carboxylic acids is 2. The van der Waals surface area contributed by atoms with Gasteiger partial charge in [0.15, 0.2) is 0 Å². The van der Waals surface area contributed by atoms with Crippen molar-refractivity contribution in [2.45, 2.75) is 13.8 Å². The Morgan fingerprint density at radius 3 is 2.04 bits per heavy atom. The maximum Gasteiger partial charge on any atom is 0.212 e. The highest BCUT2D eigenvalue weighted by Gasteiger charge is 2.36. The van der Waals surface area contributed by atoms with Gasteiger partial charge >= 0.3 is 0 Å². The standard InChI is InChI=1S/C22H19N3O2/c1-3-25(4-2)12-9-10-16-14(11-12)18-20(24-16)21(26)17-13-7-5-6-8-15(13)23-19(17)22(18)27/h5-11,23-24H,3-4H2,1-2H3. The summed E-state index contributed by atoms with van der Waals surface area (Å²) < 4.78 is 0. The Bertz CT molecular complexity index is 1240. The molecule has 0 spiro atoms. The number of anilines is 1. The van der Waals surface area contributed by atoms with E-state index in [1.807, 2.05) is 42.5 Å². The van der Waals surface area contributed by atoms with E-state index in [4.69, 9.17) is 0 Å². The van der Waals surface area contributed by atoms with Gasteiger partial charge in [-0.25, -0.2) is 0 Å². The van der Waals surface area contributed by atoms with Crippen LogP contribution in [0.1, 0.15) is 46.0 Å². The van der Waals surface area contributed by atoms with Crippen molar-refractivity contribution >= 4 is 39.1 Å². The molecule has 5 rings (SSSR count). The van der Waals surface area contributed by atoms with E-state index in [0.717, 1.165) is 40.6 Å². The zero-order valence-electron chi connectivity index (χ0n) is 15.2. The number of aromatic amines is 2. The number of nitrogens with zero attached hydrogens (tertiary/aromatic N) is 1. The molecule has 0 fully saturated rings. The second-order valence-corrected chi connectivity index (χ2v) is 6.86. The Kier molecular flexibility index (Phi) is 3.28. The average Bonchev–Trinajstić information content (AvgIpc) is 3.26. The van der Waals surface area contributed by atoms with Gasteiger partial charge < -0.3 is 14.9 Å². The first-order valence-corrected chi connectivity index (χ1v) is 9.24. The summed E-state index contributed by atoms with van der Waals surface area (Å²) in [6.07, 6.45) is 0. The lowest BCUT2D eigenvalue weighted by Gasteiger charge is -2.21. The maximum absolute atomic E-state index is 13.3. The number of ketones is 2. The normalized spacial score (nSPS) is 13.3. The molecule has 134 valence electrons. The van der Waals surface area contributed by atoms with Crippen LogP contribution in [-0.4, -0.2) is 34.6 Å². The fourth-order valence-corrected chi connectivity index (χ4v) is 4.17. The summed E-state index contributed by atoms with van der Waals surface area (Å²) in [5.74, 6) is -0.253. The van der Waals surface area contributed by atoms with E-state index >= 15 is 0 Å². The van der Waals surface area contributed by atoms with Gasteiger partial charge in [-0.2, -0.15) is 0 Å². The van der Waals surface area contributed by atoms with Crippen molar-refractivity contribution in [2.75, 3.05) is 18.0 Å². The number of nitrogens with one attached hydrogen (secondary N) is 2. The first kappa shape index (κ1) is 15.9. The summed E-state index contributed by atoms with van der Waals surface area (Å²) in [5.41, 5.74) is 4.40. The predicted octanol–water partition coefficient (Wildman–Crippen LogP) is 4.27. The Hall–Kier alpha value is -3.34. The lowest BCUT2D eigenvalue weighted by Crippen LogP contribution is -2.21. The van der Waals surface area contributed by atoms with E-state index in [1.165, 1.54) is 0 Å². The van der Waals surface area contributed by atoms with Crippen LogP contribution in [0.25, 0.3) is 21.8 Å². The number of rotatable bonds is 3. The predicted molar refractivity (Wildman–Crippen MR) is 107 cm³/mol. The van der Waals surface area contributed by atoms with Crippen LogP contribution >= 0.6 is 0 Å². The molecule has 5 nitrogen and oxygen atoms in total. The molecule has 1 aliphatic carbocycles. The highest BCUT2D eigenvalue weighted by atomic mass is 16.1. The lowest BCUT2D eigenvalue weighted by molar-refractivity contribution is 0.0977. The molecule has 0 atom stereocenters. The monoisotopic (exact) mass is 357 g/mol. The van der Waals surface area contributed by atoms with Gasteiger partial charge in [0, 0.05) is 40.6 Å². The average molecular weight is 357 g/mol. The molecule has 5 heteroatoms. The zero-order valence-corrected chi connectivity index (χ0v) is 15.2. The van der Waals surface area contributed by atoms with Crippen molar-refractivity contribution in [1.29, 1.82) is 0 Å². The van der Waals surface area contributed by atoms with Crippen LogP contribution < -0.4 is 4.90 Å². The molecular formula is C22H19N3O2. The van der Waals surface area contributed by atoms with Crippen LogP contribution in [0.4, 0.5) is 5.69 Å². The second-order valence-electron chi connectivity index (χ2n) is 6.86. The molecule has 0 amide bonds. The van der Waals surface area contributed by atoms with Crippen LogP contribution in [0, 0.1) is 0 Å². The molecule has 2 heterocycles. The van der Waals surface area contributed by atoms with Gasteiger partial charge in [0.2, 0.25) is 11.6 Å². The van der Waals surface area contributed by atoms with E-state index in [9.17, 15) is 9.59 Å². The van der Waals surface area contributed by atoms with Crippen LogP contribution in [-0.2, 0) is 0 Å². The first-order valence-electron chi connectivity index (χ1n) is 9.24. The van der Waals surface area contributed by atoms with Gasteiger partial charge in [-0.05, 0) is 38.1 Å². The number of hydrogen-bond acceptors (Lipinski definition) is 3. The van der Waals surface area contributed by atoms with Gasteiger partial charge in [0.25, 0.3) is 0 Å². The Balaban J connectivity index is 1.77. The summed E-state index contributed by atoms with van der Waals surface area (Å²) in [4.78, 5) is 35.1. The van der Waals surface area contributed by atoms with Crippen molar-refractivity contribution in [3.8, 4) is 0 Å². The molecule has 2 N–H and O–H groups in total. The van der Waals surface area contributed by atoms with Crippen molar-refractivity contribution < 1.29 is 9.59 Å². The van der Waals surface area contributed by atoms with Crippen molar-refractivity contribution in [3.05, 3.63) is 65.0 Å². The molecule has 0 saturated carbocycles. The lowest BCUT2D eigenvalue weighted by atomic mass is 9.90. The van der Waals surface area contributed by atoms with Crippen LogP contribution in [0.3, 0.4) is 0 Å².